The molecule has 1 rings (SSSR count). The Kier molecular flexibility index (Phi) is 11.1. The van der Waals surface area contributed by atoms with E-state index in [0.29, 0.717) is 24.8 Å². The zero-order valence-corrected chi connectivity index (χ0v) is 20.8. The Morgan fingerprint density at radius 1 is 0.839 bits per heavy atom. The molecule has 3 N–H and O–H groups in total. The summed E-state index contributed by atoms with van der Waals surface area (Å²) in [5.41, 5.74) is 6.12. The van der Waals surface area contributed by atoms with Crippen molar-refractivity contribution < 1.29 is 15.3 Å². The molecule has 0 aliphatic rings. The van der Waals surface area contributed by atoms with Gasteiger partial charge in [0.15, 0.2) is 11.5 Å². The topological polar surface area (TPSA) is 60.7 Å². The highest BCUT2D eigenvalue weighted by molar-refractivity contribution is 5.51. The summed E-state index contributed by atoms with van der Waals surface area (Å²) < 4.78 is 0. The van der Waals surface area contributed by atoms with Crippen molar-refractivity contribution in [1.82, 2.24) is 0 Å². The van der Waals surface area contributed by atoms with Gasteiger partial charge in [-0.05, 0) is 123 Å². The molecule has 1 aromatic carbocycles. The van der Waals surface area contributed by atoms with Crippen molar-refractivity contribution in [3.63, 3.8) is 0 Å². The van der Waals surface area contributed by atoms with Crippen molar-refractivity contribution in [2.75, 3.05) is 0 Å². The van der Waals surface area contributed by atoms with E-state index in [2.05, 4.69) is 45.9 Å². The van der Waals surface area contributed by atoms with E-state index in [1.54, 1.807) is 13.0 Å². The number of aliphatic hydroxyl groups is 1. The summed E-state index contributed by atoms with van der Waals surface area (Å²) in [5.74, 6) is -0.135. The van der Waals surface area contributed by atoms with Gasteiger partial charge in [0.2, 0.25) is 0 Å². The number of benzene rings is 1. The summed E-state index contributed by atoms with van der Waals surface area (Å²) in [6.07, 6.45) is 14.2. The number of phenols is 2. The number of rotatable bonds is 12. The predicted molar refractivity (Wildman–Crippen MR) is 133 cm³/mol. The molecule has 1 atom stereocenters. The fourth-order valence-corrected chi connectivity index (χ4v) is 3.71. The van der Waals surface area contributed by atoms with Crippen LogP contribution in [-0.2, 0) is 6.42 Å². The molecule has 0 saturated heterocycles. The van der Waals surface area contributed by atoms with Crippen molar-refractivity contribution in [3.05, 3.63) is 57.7 Å². The highest BCUT2D eigenvalue weighted by atomic mass is 16.3. The summed E-state index contributed by atoms with van der Waals surface area (Å²) in [7, 11) is 0. The van der Waals surface area contributed by atoms with Crippen LogP contribution in [0.2, 0.25) is 0 Å². The average molecular weight is 429 g/mol. The highest BCUT2D eigenvalue weighted by Crippen LogP contribution is 2.34. The molecule has 174 valence electrons. The Bertz CT molecular complexity index is 806. The van der Waals surface area contributed by atoms with E-state index >= 15 is 0 Å². The van der Waals surface area contributed by atoms with Crippen molar-refractivity contribution in [2.24, 2.45) is 0 Å². The lowest BCUT2D eigenvalue weighted by molar-refractivity contribution is 0.0432. The quantitative estimate of drug-likeness (QED) is 0.237. The van der Waals surface area contributed by atoms with Gasteiger partial charge in [-0.3, -0.25) is 0 Å². The molecule has 1 unspecified atom stereocenters. The Balaban J connectivity index is 2.46. The van der Waals surface area contributed by atoms with E-state index in [0.717, 1.165) is 43.2 Å². The summed E-state index contributed by atoms with van der Waals surface area (Å²) in [5, 5.41) is 30.5. The second kappa shape index (κ2) is 12.8. The molecule has 1 aromatic rings. The molecule has 0 aliphatic carbocycles. The van der Waals surface area contributed by atoms with Crippen molar-refractivity contribution in [1.29, 1.82) is 0 Å². The zero-order valence-electron chi connectivity index (χ0n) is 20.8. The number of allylic oxidation sites excluding steroid dienone is 6. The first-order valence-electron chi connectivity index (χ1n) is 11.6. The minimum Gasteiger partial charge on any atom is -0.504 e. The smallest absolute Gasteiger partial charge is 0.160 e. The van der Waals surface area contributed by atoms with E-state index in [1.807, 2.05) is 13.8 Å². The fraction of sp³-hybridized carbons (Fsp3) is 0.571. The summed E-state index contributed by atoms with van der Waals surface area (Å²) in [6, 6.07) is 1.62. The molecule has 0 aliphatic heterocycles. The van der Waals surface area contributed by atoms with Crippen LogP contribution >= 0.6 is 0 Å². The standard InChI is InChI=1S/C28H44O3/c1-20(2)11-8-12-21(3)13-9-14-22(4)15-10-17-28(7,31)18-16-25-19-26(29)27(30)24(6)23(25)5/h11,13,15,19,29-31H,8-10,12,14,16-18H2,1-7H3. The van der Waals surface area contributed by atoms with Crippen LogP contribution in [0.25, 0.3) is 0 Å². The van der Waals surface area contributed by atoms with Crippen molar-refractivity contribution in [2.45, 2.75) is 105 Å². The maximum absolute atomic E-state index is 10.8. The summed E-state index contributed by atoms with van der Waals surface area (Å²) >= 11 is 0. The van der Waals surface area contributed by atoms with E-state index in [-0.39, 0.29) is 11.5 Å². The van der Waals surface area contributed by atoms with Gasteiger partial charge in [0, 0.05) is 0 Å². The highest BCUT2D eigenvalue weighted by Gasteiger charge is 2.20. The number of phenolic OH excluding ortho intramolecular Hbond substituents is 2. The lowest BCUT2D eigenvalue weighted by Crippen LogP contribution is -2.24. The van der Waals surface area contributed by atoms with Gasteiger partial charge in [-0.2, -0.15) is 0 Å². The first-order valence-corrected chi connectivity index (χ1v) is 11.6. The van der Waals surface area contributed by atoms with E-state index < -0.39 is 5.60 Å². The molecule has 0 aromatic heterocycles. The Morgan fingerprint density at radius 3 is 1.97 bits per heavy atom. The zero-order chi connectivity index (χ0) is 23.6. The van der Waals surface area contributed by atoms with Crippen LogP contribution in [0.3, 0.4) is 0 Å². The van der Waals surface area contributed by atoms with Crippen molar-refractivity contribution >= 4 is 0 Å². The van der Waals surface area contributed by atoms with Crippen LogP contribution in [0, 0.1) is 13.8 Å². The second-order valence-corrected chi connectivity index (χ2v) is 9.65. The van der Waals surface area contributed by atoms with Crippen molar-refractivity contribution in [3.8, 4) is 11.5 Å². The lowest BCUT2D eigenvalue weighted by atomic mass is 9.89. The monoisotopic (exact) mass is 428 g/mol. The Hall–Kier alpha value is -2.00. The van der Waals surface area contributed by atoms with Gasteiger partial charge in [0.25, 0.3) is 0 Å². The molecule has 0 saturated carbocycles. The Labute approximate surface area is 190 Å². The van der Waals surface area contributed by atoms with Crippen LogP contribution in [0.5, 0.6) is 11.5 Å². The lowest BCUT2D eigenvalue weighted by Gasteiger charge is -2.23. The first kappa shape index (κ1) is 27.0. The number of hydrogen-bond donors (Lipinski definition) is 3. The molecular weight excluding hydrogens is 384 g/mol. The van der Waals surface area contributed by atoms with Gasteiger partial charge in [0.05, 0.1) is 5.60 Å². The fourth-order valence-electron chi connectivity index (χ4n) is 3.71. The normalized spacial score (nSPS) is 14.5. The summed E-state index contributed by atoms with van der Waals surface area (Å²) in [4.78, 5) is 0. The Morgan fingerprint density at radius 2 is 1.39 bits per heavy atom. The van der Waals surface area contributed by atoms with Gasteiger partial charge < -0.3 is 15.3 Å². The van der Waals surface area contributed by atoms with Crippen LogP contribution < -0.4 is 0 Å². The van der Waals surface area contributed by atoms with Gasteiger partial charge in [-0.1, -0.05) is 34.9 Å². The average Bonchev–Trinajstić information content (AvgIpc) is 2.67. The molecule has 3 nitrogen and oxygen atoms in total. The van der Waals surface area contributed by atoms with Gasteiger partial charge in [-0.25, -0.2) is 0 Å². The second-order valence-electron chi connectivity index (χ2n) is 9.65. The van der Waals surface area contributed by atoms with Crippen LogP contribution in [0.1, 0.15) is 96.3 Å². The number of hydrogen-bond acceptors (Lipinski definition) is 3. The number of aryl methyl sites for hydroxylation is 1. The third kappa shape index (κ3) is 10.2. The van der Waals surface area contributed by atoms with Crippen LogP contribution in [-0.4, -0.2) is 20.9 Å². The third-order valence-corrected chi connectivity index (χ3v) is 6.18. The molecule has 0 bridgehead atoms. The van der Waals surface area contributed by atoms with Gasteiger partial charge in [0.1, 0.15) is 0 Å². The predicted octanol–water partition coefficient (Wildman–Crippen LogP) is 7.60. The van der Waals surface area contributed by atoms with Crippen LogP contribution in [0.4, 0.5) is 0 Å². The van der Waals surface area contributed by atoms with E-state index in [9.17, 15) is 15.3 Å². The SMILES string of the molecule is CC(C)=CCCC(C)=CCCC(C)=CCCC(C)(O)CCc1cc(O)c(O)c(C)c1C. The molecule has 0 radical (unpaired) electrons. The molecular formula is C28H44O3. The number of aromatic hydroxyl groups is 2. The molecule has 0 heterocycles. The first-order chi connectivity index (χ1) is 14.4. The maximum Gasteiger partial charge on any atom is 0.160 e. The molecule has 31 heavy (non-hydrogen) atoms. The van der Waals surface area contributed by atoms with Gasteiger partial charge in [-0.15, -0.1) is 0 Å². The summed E-state index contributed by atoms with van der Waals surface area (Å²) in [6.45, 7) is 14.3. The molecule has 3 heteroatoms. The van der Waals surface area contributed by atoms with E-state index in [4.69, 9.17) is 0 Å². The molecule has 0 fully saturated rings. The van der Waals surface area contributed by atoms with E-state index in [1.165, 1.54) is 16.7 Å². The minimum absolute atomic E-state index is 0.0495. The molecule has 0 spiro atoms. The largest absolute Gasteiger partial charge is 0.504 e. The van der Waals surface area contributed by atoms with Gasteiger partial charge >= 0.3 is 0 Å². The molecule has 0 amide bonds. The third-order valence-electron chi connectivity index (χ3n) is 6.18. The van der Waals surface area contributed by atoms with Crippen LogP contribution in [0.15, 0.2) is 41.0 Å². The minimum atomic E-state index is -0.758. The maximum atomic E-state index is 10.8.